The SMILES string of the molecule is COc1ccc(C2C3=C(CC(C)(C)CC3=O)N=c3sc(=Cc4cccc(F)c4)c(=O)n32)cc1. The number of hydrogen-bond donors (Lipinski definition) is 0. The molecular weight excluding hydrogens is 439 g/mol. The summed E-state index contributed by atoms with van der Waals surface area (Å²) in [6.45, 7) is 4.12. The molecule has 0 amide bonds. The lowest BCUT2D eigenvalue weighted by Gasteiger charge is -2.35. The average Bonchev–Trinajstić information content (AvgIpc) is 3.06. The average molecular weight is 463 g/mol. The van der Waals surface area contributed by atoms with Crippen molar-refractivity contribution in [3.8, 4) is 5.75 Å². The lowest BCUT2D eigenvalue weighted by atomic mass is 9.73. The fourth-order valence-corrected chi connectivity index (χ4v) is 5.62. The van der Waals surface area contributed by atoms with Gasteiger partial charge in [0.25, 0.3) is 5.56 Å². The summed E-state index contributed by atoms with van der Waals surface area (Å²) in [6.07, 6.45) is 2.74. The van der Waals surface area contributed by atoms with Crippen molar-refractivity contribution in [1.82, 2.24) is 4.57 Å². The molecule has 1 aromatic heterocycles. The van der Waals surface area contributed by atoms with Crippen LogP contribution in [0.5, 0.6) is 5.75 Å². The minimum Gasteiger partial charge on any atom is -0.497 e. The van der Waals surface area contributed by atoms with Gasteiger partial charge in [0, 0.05) is 12.0 Å². The third-order valence-corrected chi connectivity index (χ3v) is 7.06. The lowest BCUT2D eigenvalue weighted by Crippen LogP contribution is -2.42. The zero-order valence-electron chi connectivity index (χ0n) is 18.6. The van der Waals surface area contributed by atoms with Crippen LogP contribution in [0.4, 0.5) is 4.39 Å². The Kier molecular flexibility index (Phi) is 5.16. The second-order valence-corrected chi connectivity index (χ2v) is 10.2. The van der Waals surface area contributed by atoms with Crippen LogP contribution in [0.3, 0.4) is 0 Å². The number of carbonyl (C=O) groups is 1. The fraction of sp³-hybridized carbons (Fsp3) is 0.269. The van der Waals surface area contributed by atoms with Crippen LogP contribution in [-0.4, -0.2) is 17.5 Å². The Bertz CT molecular complexity index is 1480. The number of methoxy groups -OCH3 is 1. The highest BCUT2D eigenvalue weighted by molar-refractivity contribution is 7.07. The maximum atomic E-state index is 13.7. The second kappa shape index (κ2) is 7.92. The summed E-state index contributed by atoms with van der Waals surface area (Å²) in [7, 11) is 1.60. The molecule has 2 heterocycles. The first-order valence-electron chi connectivity index (χ1n) is 10.7. The quantitative estimate of drug-likeness (QED) is 0.596. The van der Waals surface area contributed by atoms with Crippen molar-refractivity contribution >= 4 is 23.2 Å². The molecule has 0 saturated heterocycles. The maximum absolute atomic E-state index is 13.7. The number of nitrogens with zero attached hydrogens (tertiary/aromatic N) is 2. The molecule has 0 saturated carbocycles. The third-order valence-electron chi connectivity index (χ3n) is 6.07. The van der Waals surface area contributed by atoms with Crippen molar-refractivity contribution in [2.75, 3.05) is 7.11 Å². The van der Waals surface area contributed by atoms with Gasteiger partial charge in [-0.25, -0.2) is 9.38 Å². The van der Waals surface area contributed by atoms with Gasteiger partial charge in [0.05, 0.1) is 23.4 Å². The van der Waals surface area contributed by atoms with Crippen LogP contribution in [0.2, 0.25) is 0 Å². The molecule has 168 valence electrons. The van der Waals surface area contributed by atoms with Crippen molar-refractivity contribution in [3.63, 3.8) is 0 Å². The molecule has 0 N–H and O–H groups in total. The van der Waals surface area contributed by atoms with Crippen LogP contribution in [0, 0.1) is 11.2 Å². The molecule has 1 atom stereocenters. The molecule has 0 radical (unpaired) electrons. The minimum absolute atomic E-state index is 0.0187. The van der Waals surface area contributed by atoms with Gasteiger partial charge >= 0.3 is 0 Å². The number of hydrogen-bond acceptors (Lipinski definition) is 5. The molecule has 0 bridgehead atoms. The molecular formula is C26H23FN2O3S. The smallest absolute Gasteiger partial charge is 0.271 e. The van der Waals surface area contributed by atoms with Crippen LogP contribution < -0.4 is 19.6 Å². The largest absolute Gasteiger partial charge is 0.497 e. The van der Waals surface area contributed by atoms with E-state index in [9.17, 15) is 14.0 Å². The number of halogens is 1. The zero-order valence-corrected chi connectivity index (χ0v) is 19.4. The predicted molar refractivity (Wildman–Crippen MR) is 126 cm³/mol. The molecule has 1 unspecified atom stereocenters. The Hall–Kier alpha value is -3.32. The van der Waals surface area contributed by atoms with Crippen molar-refractivity contribution in [3.05, 3.63) is 96.4 Å². The van der Waals surface area contributed by atoms with Gasteiger partial charge in [-0.3, -0.25) is 14.2 Å². The number of carbonyl (C=O) groups excluding carboxylic acids is 1. The number of allylic oxidation sites excluding steroid dienone is 2. The summed E-state index contributed by atoms with van der Waals surface area (Å²) >= 11 is 1.26. The van der Waals surface area contributed by atoms with Crippen LogP contribution in [0.1, 0.15) is 43.9 Å². The monoisotopic (exact) mass is 462 g/mol. The highest BCUT2D eigenvalue weighted by Gasteiger charge is 2.40. The van der Waals surface area contributed by atoms with Crippen molar-refractivity contribution in [1.29, 1.82) is 0 Å². The fourth-order valence-electron chi connectivity index (χ4n) is 4.60. The molecule has 33 heavy (non-hydrogen) atoms. The molecule has 1 aliphatic carbocycles. The first kappa shape index (κ1) is 21.5. The van der Waals surface area contributed by atoms with Crippen LogP contribution in [-0.2, 0) is 4.79 Å². The number of aromatic nitrogens is 1. The van der Waals surface area contributed by atoms with Crippen LogP contribution in [0.25, 0.3) is 6.08 Å². The van der Waals surface area contributed by atoms with E-state index in [0.29, 0.717) is 39.1 Å². The van der Waals surface area contributed by atoms with E-state index < -0.39 is 6.04 Å². The highest BCUT2D eigenvalue weighted by Crippen LogP contribution is 2.43. The van der Waals surface area contributed by atoms with Gasteiger partial charge < -0.3 is 4.74 Å². The minimum atomic E-state index is -0.555. The Morgan fingerprint density at radius 1 is 1.15 bits per heavy atom. The summed E-state index contributed by atoms with van der Waals surface area (Å²) in [6, 6.07) is 13.0. The first-order valence-corrected chi connectivity index (χ1v) is 11.5. The number of fused-ring (bicyclic) bond motifs is 1. The summed E-state index contributed by atoms with van der Waals surface area (Å²) in [5.41, 5.74) is 2.32. The summed E-state index contributed by atoms with van der Waals surface area (Å²) in [4.78, 5) is 32.2. The number of rotatable bonds is 3. The number of ether oxygens (including phenoxy) is 1. The Labute approximate surface area is 194 Å². The summed E-state index contributed by atoms with van der Waals surface area (Å²) in [5.74, 6) is 0.351. The third kappa shape index (κ3) is 3.86. The summed E-state index contributed by atoms with van der Waals surface area (Å²) in [5, 5.41) is 0. The van der Waals surface area contributed by atoms with Gasteiger partial charge in [-0.15, -0.1) is 0 Å². The Morgan fingerprint density at radius 2 is 1.91 bits per heavy atom. The molecule has 2 aromatic carbocycles. The van der Waals surface area contributed by atoms with E-state index in [1.807, 2.05) is 24.3 Å². The van der Waals surface area contributed by atoms with Gasteiger partial charge in [0.2, 0.25) is 0 Å². The normalized spacial score (nSPS) is 19.7. The molecule has 1 aliphatic heterocycles. The van der Waals surface area contributed by atoms with E-state index in [0.717, 1.165) is 11.3 Å². The Morgan fingerprint density at radius 3 is 2.61 bits per heavy atom. The zero-order chi connectivity index (χ0) is 23.3. The number of benzene rings is 2. The van der Waals surface area contributed by atoms with E-state index in [1.165, 1.54) is 23.5 Å². The van der Waals surface area contributed by atoms with E-state index in [-0.39, 0.29) is 22.6 Å². The van der Waals surface area contributed by atoms with Crippen molar-refractivity contribution in [2.24, 2.45) is 10.4 Å². The van der Waals surface area contributed by atoms with E-state index in [4.69, 9.17) is 9.73 Å². The summed E-state index contributed by atoms with van der Waals surface area (Å²) < 4.78 is 21.0. The van der Waals surface area contributed by atoms with Gasteiger partial charge in [-0.05, 0) is 53.3 Å². The van der Waals surface area contributed by atoms with Crippen LogP contribution >= 0.6 is 11.3 Å². The second-order valence-electron chi connectivity index (χ2n) is 9.21. The topological polar surface area (TPSA) is 60.7 Å². The van der Waals surface area contributed by atoms with E-state index in [1.54, 1.807) is 29.9 Å². The van der Waals surface area contributed by atoms with Gasteiger partial charge in [-0.1, -0.05) is 49.4 Å². The molecule has 5 nitrogen and oxygen atoms in total. The van der Waals surface area contributed by atoms with Crippen molar-refractivity contribution in [2.45, 2.75) is 32.7 Å². The number of thiazole rings is 1. The predicted octanol–water partition coefficient (Wildman–Crippen LogP) is 3.75. The van der Waals surface area contributed by atoms with Crippen molar-refractivity contribution < 1.29 is 13.9 Å². The lowest BCUT2D eigenvalue weighted by molar-refractivity contribution is -0.118. The Balaban J connectivity index is 1.75. The van der Waals surface area contributed by atoms with Gasteiger partial charge in [0.1, 0.15) is 11.6 Å². The molecule has 7 heteroatoms. The maximum Gasteiger partial charge on any atom is 0.271 e. The number of ketones is 1. The van der Waals surface area contributed by atoms with Crippen LogP contribution in [0.15, 0.2) is 69.6 Å². The molecule has 0 fully saturated rings. The van der Waals surface area contributed by atoms with E-state index >= 15 is 0 Å². The van der Waals surface area contributed by atoms with Gasteiger partial charge in [0.15, 0.2) is 10.6 Å². The molecule has 5 rings (SSSR count). The number of Topliss-reactive ketones (excluding diaryl/α,β-unsaturated/α-hetero) is 1. The molecule has 2 aliphatic rings. The highest BCUT2D eigenvalue weighted by atomic mass is 32.1. The standard InChI is InChI=1S/C26H23FN2O3S/c1-26(2)13-19-22(20(30)14-26)23(16-7-9-18(32-3)10-8-16)29-24(31)21(33-25(29)28-19)12-15-5-4-6-17(27)11-15/h4-12,23H,13-14H2,1-3H3. The molecule has 3 aromatic rings. The first-order chi connectivity index (χ1) is 15.8. The van der Waals surface area contributed by atoms with E-state index in [2.05, 4.69) is 13.8 Å². The van der Waals surface area contributed by atoms with Gasteiger partial charge in [-0.2, -0.15) is 0 Å². The molecule has 0 spiro atoms.